The van der Waals surface area contributed by atoms with Gasteiger partial charge in [0.1, 0.15) is 28.1 Å². The number of rotatable bonds is 8. The molecule has 0 bridgehead atoms. The zero-order valence-corrected chi connectivity index (χ0v) is 23.0. The van der Waals surface area contributed by atoms with Gasteiger partial charge in [0.25, 0.3) is 5.91 Å². The number of halogens is 1. The Balaban J connectivity index is 1.26. The number of amides is 1. The zero-order valence-electron chi connectivity index (χ0n) is 22.2. The van der Waals surface area contributed by atoms with Crippen LogP contribution in [0.15, 0.2) is 61.1 Å². The minimum absolute atomic E-state index is 0.259. The first kappa shape index (κ1) is 26.8. The number of nitrogens with zero attached hydrogens (tertiary/aromatic N) is 6. The van der Waals surface area contributed by atoms with E-state index >= 15 is 0 Å². The highest BCUT2D eigenvalue weighted by molar-refractivity contribution is 7.10. The molecular formula is C28H26FN9OS. The van der Waals surface area contributed by atoms with Gasteiger partial charge in [-0.05, 0) is 62.1 Å². The lowest BCUT2D eigenvalue weighted by molar-refractivity contribution is 0.0935. The van der Waals surface area contributed by atoms with Gasteiger partial charge in [-0.2, -0.15) is 4.37 Å². The van der Waals surface area contributed by atoms with Gasteiger partial charge in [0.15, 0.2) is 5.82 Å². The summed E-state index contributed by atoms with van der Waals surface area (Å²) in [5.74, 6) is 1.02. The van der Waals surface area contributed by atoms with Crippen molar-refractivity contribution in [2.45, 2.75) is 26.8 Å². The van der Waals surface area contributed by atoms with Crippen molar-refractivity contribution in [3.05, 3.63) is 89.5 Å². The first-order valence-corrected chi connectivity index (χ1v) is 13.2. The molecule has 40 heavy (non-hydrogen) atoms. The minimum atomic E-state index is -0.421. The van der Waals surface area contributed by atoms with Crippen molar-refractivity contribution < 1.29 is 9.18 Å². The van der Waals surface area contributed by atoms with Gasteiger partial charge >= 0.3 is 0 Å². The Kier molecular flexibility index (Phi) is 7.69. The van der Waals surface area contributed by atoms with Gasteiger partial charge in [-0.3, -0.25) is 19.7 Å². The lowest BCUT2D eigenvalue weighted by atomic mass is 10.1. The predicted octanol–water partition coefficient (Wildman–Crippen LogP) is 5.48. The van der Waals surface area contributed by atoms with E-state index in [4.69, 9.17) is 0 Å². The summed E-state index contributed by atoms with van der Waals surface area (Å²) in [5, 5.41) is 10.1. The first-order valence-electron chi connectivity index (χ1n) is 12.4. The summed E-state index contributed by atoms with van der Waals surface area (Å²) in [4.78, 5) is 34.8. The van der Waals surface area contributed by atoms with Gasteiger partial charge in [-0.1, -0.05) is 6.07 Å². The molecule has 0 fully saturated rings. The molecule has 1 amide bonds. The van der Waals surface area contributed by atoms with Gasteiger partial charge in [-0.15, -0.1) is 0 Å². The number of aryl methyl sites for hydroxylation is 2. The molecule has 0 spiro atoms. The molecule has 3 N–H and O–H groups in total. The SMILES string of the molecule is CNc1cc(Nc2cc(C)nc(-c3ccc(C(=O)NC(C)c4ccc(-c5cc(F)cnc5C)nc4)nc3)n2)ns1. The maximum atomic E-state index is 13.6. The molecule has 0 aliphatic carbocycles. The Hall–Kier alpha value is -4.84. The molecule has 5 aromatic heterocycles. The average Bonchev–Trinajstić information content (AvgIpc) is 3.41. The molecule has 202 valence electrons. The Morgan fingerprint density at radius 3 is 2.50 bits per heavy atom. The van der Waals surface area contributed by atoms with Gasteiger partial charge in [0.2, 0.25) is 0 Å². The van der Waals surface area contributed by atoms with Crippen LogP contribution in [-0.4, -0.2) is 42.2 Å². The van der Waals surface area contributed by atoms with Crippen LogP contribution in [-0.2, 0) is 0 Å². The first-order chi connectivity index (χ1) is 19.3. The van der Waals surface area contributed by atoms with E-state index in [0.717, 1.165) is 16.3 Å². The number of hydrogen-bond acceptors (Lipinski definition) is 10. The third kappa shape index (κ3) is 6.07. The molecule has 5 aromatic rings. The van der Waals surface area contributed by atoms with Gasteiger partial charge < -0.3 is 16.0 Å². The van der Waals surface area contributed by atoms with E-state index < -0.39 is 5.82 Å². The van der Waals surface area contributed by atoms with Crippen LogP contribution < -0.4 is 16.0 Å². The van der Waals surface area contributed by atoms with Crippen molar-refractivity contribution in [1.29, 1.82) is 0 Å². The number of carbonyl (C=O) groups is 1. The average molecular weight is 556 g/mol. The smallest absolute Gasteiger partial charge is 0.270 e. The van der Waals surface area contributed by atoms with Crippen molar-refractivity contribution in [2.75, 3.05) is 17.7 Å². The molecule has 0 saturated carbocycles. The molecule has 1 unspecified atom stereocenters. The largest absolute Gasteiger partial charge is 0.379 e. The summed E-state index contributed by atoms with van der Waals surface area (Å²) in [6, 6.07) is 11.8. The minimum Gasteiger partial charge on any atom is -0.379 e. The molecule has 0 aromatic carbocycles. The maximum absolute atomic E-state index is 13.6. The van der Waals surface area contributed by atoms with Gasteiger partial charge in [0, 0.05) is 54.1 Å². The van der Waals surface area contributed by atoms with Gasteiger partial charge in [0.05, 0.1) is 17.9 Å². The van der Waals surface area contributed by atoms with Crippen LogP contribution in [0.5, 0.6) is 0 Å². The molecule has 0 saturated heterocycles. The van der Waals surface area contributed by atoms with E-state index in [1.165, 1.54) is 23.8 Å². The highest BCUT2D eigenvalue weighted by atomic mass is 32.1. The molecule has 5 rings (SSSR count). The van der Waals surface area contributed by atoms with E-state index in [0.29, 0.717) is 40.0 Å². The molecule has 0 aliphatic rings. The standard InChI is InChI=1S/C28H26FN9OS/c1-15-9-24(36-25-11-26(30-4)40-38-25)37-27(34-15)19-6-8-23(33-13-19)28(39)35-16(2)18-5-7-22(32-12-18)21-10-20(29)14-31-17(21)3/h5-14,16,30H,1-4H3,(H,35,39)(H,34,36,37,38). The Morgan fingerprint density at radius 1 is 0.950 bits per heavy atom. The number of anilines is 3. The van der Waals surface area contributed by atoms with E-state index in [-0.39, 0.29) is 17.6 Å². The summed E-state index contributed by atoms with van der Waals surface area (Å²) in [5.41, 5.74) is 4.42. The highest BCUT2D eigenvalue weighted by Crippen LogP contribution is 2.25. The van der Waals surface area contributed by atoms with Crippen LogP contribution in [0.4, 0.5) is 21.0 Å². The fraction of sp³-hybridized carbons (Fsp3) is 0.179. The van der Waals surface area contributed by atoms with Crippen molar-refractivity contribution in [3.63, 3.8) is 0 Å². The van der Waals surface area contributed by atoms with Gasteiger partial charge in [-0.25, -0.2) is 14.4 Å². The van der Waals surface area contributed by atoms with E-state index in [9.17, 15) is 9.18 Å². The lowest BCUT2D eigenvalue weighted by Gasteiger charge is -2.14. The summed E-state index contributed by atoms with van der Waals surface area (Å²) < 4.78 is 18.0. The molecule has 0 radical (unpaired) electrons. The molecule has 1 atom stereocenters. The third-order valence-electron chi connectivity index (χ3n) is 6.08. The van der Waals surface area contributed by atoms with Crippen molar-refractivity contribution in [3.8, 4) is 22.6 Å². The molecule has 0 aliphatic heterocycles. The molecule has 10 nitrogen and oxygen atoms in total. The summed E-state index contributed by atoms with van der Waals surface area (Å²) >= 11 is 1.35. The topological polar surface area (TPSA) is 130 Å². The monoisotopic (exact) mass is 555 g/mol. The van der Waals surface area contributed by atoms with Crippen LogP contribution in [0.2, 0.25) is 0 Å². The Labute approximate surface area is 234 Å². The Morgan fingerprint density at radius 2 is 1.80 bits per heavy atom. The zero-order chi connectivity index (χ0) is 28.2. The van der Waals surface area contributed by atoms with Crippen LogP contribution in [0.25, 0.3) is 22.6 Å². The number of hydrogen-bond donors (Lipinski definition) is 3. The maximum Gasteiger partial charge on any atom is 0.270 e. The van der Waals surface area contributed by atoms with E-state index in [2.05, 4.69) is 45.2 Å². The molecular weight excluding hydrogens is 529 g/mol. The van der Waals surface area contributed by atoms with Crippen LogP contribution in [0, 0.1) is 19.7 Å². The summed E-state index contributed by atoms with van der Waals surface area (Å²) in [6.45, 7) is 5.54. The summed E-state index contributed by atoms with van der Waals surface area (Å²) in [7, 11) is 1.84. The summed E-state index contributed by atoms with van der Waals surface area (Å²) in [6.07, 6.45) is 4.41. The highest BCUT2D eigenvalue weighted by Gasteiger charge is 2.15. The number of aromatic nitrogens is 6. The van der Waals surface area contributed by atoms with E-state index in [1.54, 1.807) is 37.5 Å². The Bertz CT molecular complexity index is 1660. The van der Waals surface area contributed by atoms with Crippen LogP contribution in [0.1, 0.15) is 40.4 Å². The van der Waals surface area contributed by atoms with Crippen molar-refractivity contribution >= 4 is 34.1 Å². The van der Waals surface area contributed by atoms with Crippen molar-refractivity contribution in [2.24, 2.45) is 0 Å². The second-order valence-electron chi connectivity index (χ2n) is 9.06. The molecule has 12 heteroatoms. The number of carbonyl (C=O) groups excluding carboxylic acids is 1. The second kappa shape index (κ2) is 11.5. The van der Waals surface area contributed by atoms with E-state index in [1.807, 2.05) is 39.1 Å². The fourth-order valence-electron chi connectivity index (χ4n) is 3.95. The second-order valence-corrected chi connectivity index (χ2v) is 9.87. The molecule has 5 heterocycles. The fourth-order valence-corrected chi connectivity index (χ4v) is 4.50. The normalized spacial score (nSPS) is 11.6. The predicted molar refractivity (Wildman–Crippen MR) is 153 cm³/mol. The number of pyridine rings is 3. The van der Waals surface area contributed by atoms with Crippen molar-refractivity contribution in [1.82, 2.24) is 34.6 Å². The lowest BCUT2D eigenvalue weighted by Crippen LogP contribution is -2.27. The number of nitrogens with one attached hydrogen (secondary N) is 3. The quantitative estimate of drug-likeness (QED) is 0.228. The third-order valence-corrected chi connectivity index (χ3v) is 6.89. The van der Waals surface area contributed by atoms with Crippen LogP contribution >= 0.6 is 11.5 Å². The van der Waals surface area contributed by atoms with Crippen LogP contribution in [0.3, 0.4) is 0 Å².